The van der Waals surface area contributed by atoms with Crippen molar-refractivity contribution >= 4 is 15.7 Å². The third-order valence-electron chi connectivity index (χ3n) is 2.55. The van der Waals surface area contributed by atoms with Crippen LogP contribution in [0.3, 0.4) is 0 Å². The number of hydrogen-bond acceptors (Lipinski definition) is 3. The Morgan fingerprint density at radius 2 is 2.06 bits per heavy atom. The minimum atomic E-state index is -3.48. The number of rotatable bonds is 6. The zero-order chi connectivity index (χ0) is 13.6. The molecule has 0 radical (unpaired) electrons. The predicted molar refractivity (Wildman–Crippen MR) is 73.8 cm³/mol. The van der Waals surface area contributed by atoms with Crippen molar-refractivity contribution in [3.63, 3.8) is 0 Å². The molecule has 0 heterocycles. The van der Waals surface area contributed by atoms with Crippen molar-refractivity contribution in [3.05, 3.63) is 24.3 Å². The first kappa shape index (κ1) is 14.6. The third kappa shape index (κ3) is 3.49. The van der Waals surface area contributed by atoms with Crippen molar-refractivity contribution in [1.29, 1.82) is 0 Å². The Labute approximate surface area is 109 Å². The fourth-order valence-corrected chi connectivity index (χ4v) is 2.50. The van der Waals surface area contributed by atoms with Crippen molar-refractivity contribution in [2.75, 3.05) is 12.4 Å². The van der Waals surface area contributed by atoms with Crippen LogP contribution in [0.25, 0.3) is 0 Å². The Bertz CT molecular complexity index is 532. The highest BCUT2D eigenvalue weighted by Crippen LogP contribution is 2.21. The molecule has 1 aromatic carbocycles. The highest BCUT2D eigenvalue weighted by atomic mass is 32.2. The molecule has 0 aliphatic rings. The highest BCUT2D eigenvalue weighted by molar-refractivity contribution is 7.89. The topological polar surface area (TPSA) is 58.2 Å². The number of benzene rings is 1. The average Bonchev–Trinajstić information content (AvgIpc) is 2.38. The normalized spacial score (nSPS) is 12.7. The van der Waals surface area contributed by atoms with Gasteiger partial charge in [-0.1, -0.05) is 31.4 Å². The number of para-hydroxylation sites is 1. The zero-order valence-corrected chi connectivity index (χ0v) is 11.4. The summed E-state index contributed by atoms with van der Waals surface area (Å²) in [6.45, 7) is 2.03. The second-order valence-electron chi connectivity index (χ2n) is 3.86. The first-order valence-electron chi connectivity index (χ1n) is 5.80. The van der Waals surface area contributed by atoms with Crippen LogP contribution in [-0.2, 0) is 10.0 Å². The lowest BCUT2D eigenvalue weighted by atomic mass is 10.1. The molecule has 0 fully saturated rings. The van der Waals surface area contributed by atoms with Gasteiger partial charge in [-0.2, -0.15) is 0 Å². The highest BCUT2D eigenvalue weighted by Gasteiger charge is 2.17. The monoisotopic (exact) mass is 266 g/mol. The van der Waals surface area contributed by atoms with E-state index in [4.69, 9.17) is 6.42 Å². The first-order valence-corrected chi connectivity index (χ1v) is 7.28. The van der Waals surface area contributed by atoms with Crippen molar-refractivity contribution in [3.8, 4) is 12.3 Å². The molecule has 0 saturated carbocycles. The average molecular weight is 266 g/mol. The number of sulfonamides is 1. The summed E-state index contributed by atoms with van der Waals surface area (Å²) in [6.07, 6.45) is 7.15. The molecule has 0 amide bonds. The minimum absolute atomic E-state index is 0.164. The van der Waals surface area contributed by atoms with E-state index < -0.39 is 10.0 Å². The smallest absolute Gasteiger partial charge is 0.242 e. The molecule has 18 heavy (non-hydrogen) atoms. The van der Waals surface area contributed by atoms with Crippen LogP contribution in [-0.4, -0.2) is 21.5 Å². The van der Waals surface area contributed by atoms with E-state index in [2.05, 4.69) is 16.0 Å². The van der Waals surface area contributed by atoms with Crippen molar-refractivity contribution in [1.82, 2.24) is 4.72 Å². The summed E-state index contributed by atoms with van der Waals surface area (Å²) in [7, 11) is -2.09. The van der Waals surface area contributed by atoms with Gasteiger partial charge in [0.15, 0.2) is 0 Å². The van der Waals surface area contributed by atoms with Crippen molar-refractivity contribution < 1.29 is 8.42 Å². The summed E-state index contributed by atoms with van der Waals surface area (Å²) in [6, 6.07) is 6.55. The van der Waals surface area contributed by atoms with Gasteiger partial charge in [0.05, 0.1) is 11.7 Å². The molecular formula is C13H18N2O2S. The standard InChI is InChI=1S/C13H18N2O2S/c1-4-8-11(5-2)15-12-9-6-7-10-13(12)18(16,17)14-3/h2,6-7,9-11,14-15H,4,8H2,1,3H3. The molecule has 0 bridgehead atoms. The molecule has 0 saturated heterocycles. The Hall–Kier alpha value is -1.51. The van der Waals surface area contributed by atoms with E-state index in [0.717, 1.165) is 12.8 Å². The molecule has 98 valence electrons. The van der Waals surface area contributed by atoms with Gasteiger partial charge in [0, 0.05) is 0 Å². The van der Waals surface area contributed by atoms with Gasteiger partial charge in [-0.25, -0.2) is 13.1 Å². The first-order chi connectivity index (χ1) is 8.55. The number of anilines is 1. The molecule has 0 aromatic heterocycles. The molecule has 1 atom stereocenters. The second kappa shape index (κ2) is 6.43. The molecule has 0 aliphatic heterocycles. The maximum absolute atomic E-state index is 11.8. The molecule has 1 unspecified atom stereocenters. The van der Waals surface area contributed by atoms with Crippen LogP contribution < -0.4 is 10.0 Å². The van der Waals surface area contributed by atoms with Crippen LogP contribution in [0.2, 0.25) is 0 Å². The molecule has 1 rings (SSSR count). The van der Waals surface area contributed by atoms with E-state index in [9.17, 15) is 8.42 Å². The predicted octanol–water partition coefficient (Wildman–Crippen LogP) is 1.81. The van der Waals surface area contributed by atoms with Crippen LogP contribution in [0.15, 0.2) is 29.2 Å². The van der Waals surface area contributed by atoms with Gasteiger partial charge in [-0.3, -0.25) is 0 Å². The Morgan fingerprint density at radius 1 is 1.39 bits per heavy atom. The van der Waals surface area contributed by atoms with Gasteiger partial charge in [0.25, 0.3) is 0 Å². The van der Waals surface area contributed by atoms with E-state index >= 15 is 0 Å². The van der Waals surface area contributed by atoms with E-state index in [1.807, 2.05) is 6.92 Å². The van der Waals surface area contributed by atoms with Crippen LogP contribution in [0.4, 0.5) is 5.69 Å². The van der Waals surface area contributed by atoms with Crippen LogP contribution in [0, 0.1) is 12.3 Å². The second-order valence-corrected chi connectivity index (χ2v) is 5.71. The van der Waals surface area contributed by atoms with Gasteiger partial charge in [0.2, 0.25) is 10.0 Å². The quantitative estimate of drug-likeness (QED) is 0.772. The lowest BCUT2D eigenvalue weighted by Gasteiger charge is -2.16. The van der Waals surface area contributed by atoms with Gasteiger partial charge >= 0.3 is 0 Å². The molecule has 1 aromatic rings. The van der Waals surface area contributed by atoms with E-state index in [0.29, 0.717) is 5.69 Å². The van der Waals surface area contributed by atoms with E-state index in [1.165, 1.54) is 7.05 Å². The summed E-state index contributed by atoms with van der Waals surface area (Å²) in [5.74, 6) is 2.62. The maximum Gasteiger partial charge on any atom is 0.242 e. The van der Waals surface area contributed by atoms with Crippen molar-refractivity contribution in [2.24, 2.45) is 0 Å². The fraction of sp³-hybridized carbons (Fsp3) is 0.385. The van der Waals surface area contributed by atoms with Gasteiger partial charge < -0.3 is 5.32 Å². The van der Waals surface area contributed by atoms with Gasteiger partial charge in [-0.15, -0.1) is 6.42 Å². The Kier molecular flexibility index (Phi) is 5.20. The minimum Gasteiger partial charge on any atom is -0.370 e. The van der Waals surface area contributed by atoms with Crippen molar-refractivity contribution in [2.45, 2.75) is 30.7 Å². The molecule has 0 spiro atoms. The van der Waals surface area contributed by atoms with Gasteiger partial charge in [0.1, 0.15) is 4.90 Å². The largest absolute Gasteiger partial charge is 0.370 e. The zero-order valence-electron chi connectivity index (χ0n) is 10.6. The summed E-state index contributed by atoms with van der Waals surface area (Å²) in [5, 5.41) is 3.08. The molecule has 4 nitrogen and oxygen atoms in total. The van der Waals surface area contributed by atoms with Crippen LogP contribution >= 0.6 is 0 Å². The summed E-state index contributed by atoms with van der Waals surface area (Å²) < 4.78 is 26.0. The lowest BCUT2D eigenvalue weighted by Crippen LogP contribution is -2.23. The molecular weight excluding hydrogens is 248 g/mol. The summed E-state index contributed by atoms with van der Waals surface area (Å²) in [4.78, 5) is 0.212. The summed E-state index contributed by atoms with van der Waals surface area (Å²) in [5.41, 5.74) is 0.531. The maximum atomic E-state index is 11.8. The number of hydrogen-bond donors (Lipinski definition) is 2. The lowest BCUT2D eigenvalue weighted by molar-refractivity contribution is 0.588. The fourth-order valence-electron chi connectivity index (χ4n) is 1.60. The number of nitrogens with one attached hydrogen (secondary N) is 2. The molecule has 0 aliphatic carbocycles. The summed E-state index contributed by atoms with van der Waals surface area (Å²) >= 11 is 0. The van der Waals surface area contributed by atoms with Crippen LogP contribution in [0.1, 0.15) is 19.8 Å². The Balaban J connectivity index is 3.07. The SMILES string of the molecule is C#CC(CCC)Nc1ccccc1S(=O)(=O)NC. The van der Waals surface area contributed by atoms with Crippen LogP contribution in [0.5, 0.6) is 0 Å². The Morgan fingerprint density at radius 3 is 2.61 bits per heavy atom. The third-order valence-corrected chi connectivity index (χ3v) is 4.03. The molecule has 2 N–H and O–H groups in total. The molecule has 5 heteroatoms. The van der Waals surface area contributed by atoms with E-state index in [1.54, 1.807) is 24.3 Å². The van der Waals surface area contributed by atoms with Gasteiger partial charge in [-0.05, 0) is 25.6 Å². The number of terminal acetylenes is 1. The van der Waals surface area contributed by atoms with E-state index in [-0.39, 0.29) is 10.9 Å².